The van der Waals surface area contributed by atoms with E-state index in [1.54, 1.807) is 17.6 Å². The van der Waals surface area contributed by atoms with E-state index in [0.29, 0.717) is 10.2 Å². The first kappa shape index (κ1) is 18.3. The summed E-state index contributed by atoms with van der Waals surface area (Å²) in [4.78, 5) is 31.1. The van der Waals surface area contributed by atoms with Gasteiger partial charge in [-0.1, -0.05) is 30.3 Å². The number of hydrazone groups is 1. The molecule has 0 spiro atoms. The largest absolute Gasteiger partial charge is 0.289 e. The maximum absolute atomic E-state index is 12.9. The molecule has 3 aromatic heterocycles. The monoisotopic (exact) mass is 408 g/mol. The molecule has 0 aliphatic heterocycles. The van der Waals surface area contributed by atoms with Crippen LogP contribution in [-0.4, -0.2) is 21.7 Å². The van der Waals surface area contributed by atoms with Crippen LogP contribution in [0.15, 0.2) is 63.4 Å². The van der Waals surface area contributed by atoms with E-state index >= 15 is 0 Å². The molecular weight excluding hydrogens is 392 g/mol. The van der Waals surface area contributed by atoms with Gasteiger partial charge in [0.1, 0.15) is 11.4 Å². The molecule has 0 fully saturated rings. The molecule has 1 amide bonds. The fraction of sp³-hybridized carbons (Fsp3) is 0.100. The Kier molecular flexibility index (Phi) is 5.14. The Morgan fingerprint density at radius 1 is 1.25 bits per heavy atom. The van der Waals surface area contributed by atoms with Gasteiger partial charge in [-0.15, -0.1) is 22.7 Å². The molecule has 1 N–H and O–H groups in total. The second-order valence-corrected chi connectivity index (χ2v) is 7.94. The van der Waals surface area contributed by atoms with Crippen molar-refractivity contribution in [3.8, 4) is 11.1 Å². The fourth-order valence-corrected chi connectivity index (χ4v) is 4.47. The highest BCUT2D eigenvalue weighted by Crippen LogP contribution is 2.30. The molecule has 1 aromatic carbocycles. The smallest absolute Gasteiger partial charge is 0.263 e. The SMILES string of the molecule is Cc1ccsc1/C=N/NC(=O)Cn1cnc2scc(-c3ccccc3)c2c1=O. The molecule has 4 rings (SSSR count). The summed E-state index contributed by atoms with van der Waals surface area (Å²) >= 11 is 2.96. The Bertz CT molecular complexity index is 1220. The van der Waals surface area contributed by atoms with Crippen molar-refractivity contribution >= 4 is 45.0 Å². The minimum atomic E-state index is -0.384. The van der Waals surface area contributed by atoms with E-state index in [2.05, 4.69) is 15.5 Å². The van der Waals surface area contributed by atoms with E-state index in [-0.39, 0.29) is 18.0 Å². The summed E-state index contributed by atoms with van der Waals surface area (Å²) in [5.41, 5.74) is 5.11. The van der Waals surface area contributed by atoms with Gasteiger partial charge in [0.15, 0.2) is 0 Å². The van der Waals surface area contributed by atoms with E-state index in [1.807, 2.05) is 54.1 Å². The number of carbonyl (C=O) groups is 1. The summed E-state index contributed by atoms with van der Waals surface area (Å²) in [6.45, 7) is 1.83. The van der Waals surface area contributed by atoms with Gasteiger partial charge in [-0.25, -0.2) is 10.4 Å². The molecule has 0 saturated carbocycles. The zero-order valence-electron chi connectivity index (χ0n) is 15.0. The van der Waals surface area contributed by atoms with Crippen LogP contribution in [0, 0.1) is 6.92 Å². The summed E-state index contributed by atoms with van der Waals surface area (Å²) in [5.74, 6) is -0.384. The number of rotatable bonds is 5. The minimum absolute atomic E-state index is 0.146. The van der Waals surface area contributed by atoms with Crippen LogP contribution in [0.5, 0.6) is 0 Å². The Balaban J connectivity index is 1.57. The molecule has 28 heavy (non-hydrogen) atoms. The van der Waals surface area contributed by atoms with Crippen molar-refractivity contribution in [2.75, 3.05) is 0 Å². The van der Waals surface area contributed by atoms with Crippen molar-refractivity contribution in [1.29, 1.82) is 0 Å². The van der Waals surface area contributed by atoms with Crippen LogP contribution in [0.4, 0.5) is 0 Å². The lowest BCUT2D eigenvalue weighted by atomic mass is 10.1. The Morgan fingerprint density at radius 3 is 2.82 bits per heavy atom. The number of aryl methyl sites for hydroxylation is 1. The number of carbonyl (C=O) groups excluding carboxylic acids is 1. The van der Waals surface area contributed by atoms with Gasteiger partial charge in [0, 0.05) is 15.8 Å². The third kappa shape index (κ3) is 3.64. The van der Waals surface area contributed by atoms with E-state index in [1.165, 1.54) is 22.2 Å². The summed E-state index contributed by atoms with van der Waals surface area (Å²) in [7, 11) is 0. The van der Waals surface area contributed by atoms with Crippen molar-refractivity contribution in [1.82, 2.24) is 15.0 Å². The van der Waals surface area contributed by atoms with Crippen LogP contribution in [0.1, 0.15) is 10.4 Å². The maximum Gasteiger partial charge on any atom is 0.263 e. The number of nitrogens with one attached hydrogen (secondary N) is 1. The van der Waals surface area contributed by atoms with E-state index < -0.39 is 0 Å². The Morgan fingerprint density at radius 2 is 2.07 bits per heavy atom. The molecule has 3 heterocycles. The summed E-state index contributed by atoms with van der Waals surface area (Å²) in [6, 6.07) is 11.7. The number of hydrogen-bond donors (Lipinski definition) is 1. The van der Waals surface area contributed by atoms with Crippen LogP contribution < -0.4 is 11.0 Å². The molecule has 0 atom stereocenters. The fourth-order valence-electron chi connectivity index (χ4n) is 2.78. The molecule has 8 heteroatoms. The van der Waals surface area contributed by atoms with Gasteiger partial charge < -0.3 is 0 Å². The zero-order valence-corrected chi connectivity index (χ0v) is 16.6. The lowest BCUT2D eigenvalue weighted by Gasteiger charge is -2.05. The van der Waals surface area contributed by atoms with Crippen molar-refractivity contribution in [3.63, 3.8) is 0 Å². The first-order valence-electron chi connectivity index (χ1n) is 8.51. The minimum Gasteiger partial charge on any atom is -0.289 e. The lowest BCUT2D eigenvalue weighted by Crippen LogP contribution is -2.30. The van der Waals surface area contributed by atoms with Crippen LogP contribution in [0.25, 0.3) is 21.3 Å². The number of amides is 1. The molecule has 6 nitrogen and oxygen atoms in total. The van der Waals surface area contributed by atoms with Gasteiger partial charge in [-0.2, -0.15) is 5.10 Å². The van der Waals surface area contributed by atoms with Gasteiger partial charge in [0.25, 0.3) is 11.5 Å². The highest BCUT2D eigenvalue weighted by Gasteiger charge is 2.14. The van der Waals surface area contributed by atoms with Crippen LogP contribution >= 0.6 is 22.7 Å². The Labute approximate surface area is 168 Å². The molecule has 0 saturated heterocycles. The van der Waals surface area contributed by atoms with Crippen molar-refractivity contribution in [2.45, 2.75) is 13.5 Å². The van der Waals surface area contributed by atoms with Gasteiger partial charge in [0.05, 0.1) is 17.9 Å². The molecule has 0 bridgehead atoms. The number of benzene rings is 1. The average Bonchev–Trinajstić information content (AvgIpc) is 3.31. The number of aromatic nitrogens is 2. The van der Waals surface area contributed by atoms with Crippen molar-refractivity contribution in [3.05, 3.63) is 74.3 Å². The number of hydrogen-bond acceptors (Lipinski definition) is 6. The third-order valence-electron chi connectivity index (χ3n) is 4.23. The predicted octanol–water partition coefficient (Wildman–Crippen LogP) is 3.65. The highest BCUT2D eigenvalue weighted by atomic mass is 32.1. The van der Waals surface area contributed by atoms with Crippen LogP contribution in [-0.2, 0) is 11.3 Å². The van der Waals surface area contributed by atoms with E-state index in [0.717, 1.165) is 21.6 Å². The topological polar surface area (TPSA) is 76.3 Å². The first-order valence-corrected chi connectivity index (χ1v) is 10.3. The molecule has 0 radical (unpaired) electrons. The number of thiophene rings is 2. The summed E-state index contributed by atoms with van der Waals surface area (Å²) in [6.07, 6.45) is 3.01. The first-order chi connectivity index (χ1) is 13.6. The maximum atomic E-state index is 12.9. The van der Waals surface area contributed by atoms with Crippen molar-refractivity contribution < 1.29 is 4.79 Å². The van der Waals surface area contributed by atoms with Crippen molar-refractivity contribution in [2.24, 2.45) is 5.10 Å². The summed E-state index contributed by atoms with van der Waals surface area (Å²) in [5, 5.41) is 8.39. The predicted molar refractivity (Wildman–Crippen MR) is 114 cm³/mol. The van der Waals surface area contributed by atoms with Gasteiger partial charge in [-0.05, 0) is 29.5 Å². The average molecular weight is 409 g/mol. The van der Waals surface area contributed by atoms with Gasteiger partial charge in [-0.3, -0.25) is 14.2 Å². The standard InChI is InChI=1S/C20H16N4O2S2/c1-13-7-8-27-16(13)9-22-23-17(25)10-24-12-21-19-18(20(24)26)15(11-28-19)14-5-3-2-4-6-14/h2-9,11-12H,10H2,1H3,(H,23,25)/b22-9+. The van der Waals surface area contributed by atoms with Gasteiger partial charge >= 0.3 is 0 Å². The van der Waals surface area contributed by atoms with Crippen LogP contribution in [0.3, 0.4) is 0 Å². The highest BCUT2D eigenvalue weighted by molar-refractivity contribution is 7.17. The Hall–Kier alpha value is -3.10. The quantitative estimate of drug-likeness (QED) is 0.405. The van der Waals surface area contributed by atoms with E-state index in [4.69, 9.17) is 0 Å². The second kappa shape index (κ2) is 7.87. The third-order valence-corrected chi connectivity index (χ3v) is 6.07. The molecular formula is C20H16N4O2S2. The molecule has 0 aliphatic carbocycles. The normalized spacial score (nSPS) is 11.3. The molecule has 0 aliphatic rings. The number of fused-ring (bicyclic) bond motifs is 1. The molecule has 140 valence electrons. The second-order valence-electron chi connectivity index (χ2n) is 6.13. The lowest BCUT2D eigenvalue weighted by molar-refractivity contribution is -0.121. The van der Waals surface area contributed by atoms with Crippen LogP contribution in [0.2, 0.25) is 0 Å². The zero-order chi connectivity index (χ0) is 19.5. The molecule has 0 unspecified atom stereocenters. The van der Waals surface area contributed by atoms with Gasteiger partial charge in [0.2, 0.25) is 0 Å². The number of nitrogens with zero attached hydrogens (tertiary/aromatic N) is 3. The van der Waals surface area contributed by atoms with E-state index in [9.17, 15) is 9.59 Å². The molecule has 4 aromatic rings. The summed E-state index contributed by atoms with van der Waals surface area (Å²) < 4.78 is 1.31.